The van der Waals surface area contributed by atoms with Gasteiger partial charge in [0.05, 0.1) is 17.0 Å². The summed E-state index contributed by atoms with van der Waals surface area (Å²) in [6.07, 6.45) is 0. The monoisotopic (exact) mass is 306 g/mol. The molecule has 1 unspecified atom stereocenters. The standard InChI is InChI=1S/C15H18N2O3S/c1-15(11-18,12-5-3-2-4-6-12)17-21(19,20)14-9-7-13(16)8-10-14/h2-10,17-18H,11,16H2,1H3. The van der Waals surface area contributed by atoms with Gasteiger partial charge in [0.1, 0.15) is 0 Å². The Labute approximate surface area is 124 Å². The summed E-state index contributed by atoms with van der Waals surface area (Å²) in [5.41, 5.74) is 5.64. The number of anilines is 1. The van der Waals surface area contributed by atoms with Crippen LogP contribution in [0.3, 0.4) is 0 Å². The van der Waals surface area contributed by atoms with Crippen molar-refractivity contribution >= 4 is 15.7 Å². The highest BCUT2D eigenvalue weighted by molar-refractivity contribution is 7.89. The molecule has 0 aliphatic carbocycles. The van der Waals surface area contributed by atoms with E-state index < -0.39 is 15.6 Å². The average Bonchev–Trinajstić information content (AvgIpc) is 2.48. The Bertz CT molecular complexity index is 699. The topological polar surface area (TPSA) is 92.4 Å². The highest BCUT2D eigenvalue weighted by atomic mass is 32.2. The third-order valence-corrected chi connectivity index (χ3v) is 4.89. The fourth-order valence-electron chi connectivity index (χ4n) is 1.99. The maximum atomic E-state index is 12.4. The van der Waals surface area contributed by atoms with Crippen LogP contribution in [0.4, 0.5) is 5.69 Å². The first kappa shape index (κ1) is 15.5. The van der Waals surface area contributed by atoms with E-state index in [0.717, 1.165) is 0 Å². The number of aliphatic hydroxyl groups is 1. The van der Waals surface area contributed by atoms with Crippen LogP contribution in [0.5, 0.6) is 0 Å². The van der Waals surface area contributed by atoms with E-state index in [1.165, 1.54) is 24.3 Å². The summed E-state index contributed by atoms with van der Waals surface area (Å²) in [6, 6.07) is 14.8. The maximum absolute atomic E-state index is 12.4. The average molecular weight is 306 g/mol. The molecule has 2 rings (SSSR count). The Morgan fingerprint density at radius 1 is 1.10 bits per heavy atom. The highest BCUT2D eigenvalue weighted by Crippen LogP contribution is 2.23. The molecule has 0 amide bonds. The van der Waals surface area contributed by atoms with E-state index in [9.17, 15) is 13.5 Å². The summed E-state index contributed by atoms with van der Waals surface area (Å²) in [7, 11) is -3.76. The zero-order valence-electron chi connectivity index (χ0n) is 11.7. The zero-order valence-corrected chi connectivity index (χ0v) is 12.5. The molecule has 0 fully saturated rings. The number of sulfonamides is 1. The molecule has 0 saturated heterocycles. The first-order valence-electron chi connectivity index (χ1n) is 6.43. The molecule has 4 N–H and O–H groups in total. The molecular weight excluding hydrogens is 288 g/mol. The van der Waals surface area contributed by atoms with E-state index in [0.29, 0.717) is 11.3 Å². The lowest BCUT2D eigenvalue weighted by Crippen LogP contribution is -2.46. The van der Waals surface area contributed by atoms with Crippen molar-refractivity contribution in [2.24, 2.45) is 0 Å². The summed E-state index contributed by atoms with van der Waals surface area (Å²) < 4.78 is 27.4. The minimum Gasteiger partial charge on any atom is -0.399 e. The van der Waals surface area contributed by atoms with Gasteiger partial charge >= 0.3 is 0 Å². The van der Waals surface area contributed by atoms with Crippen molar-refractivity contribution in [1.29, 1.82) is 0 Å². The Morgan fingerprint density at radius 2 is 1.67 bits per heavy atom. The van der Waals surface area contributed by atoms with Gasteiger partial charge in [0.2, 0.25) is 10.0 Å². The molecule has 0 aliphatic heterocycles. The molecule has 2 aromatic carbocycles. The third-order valence-electron chi connectivity index (χ3n) is 3.28. The lowest BCUT2D eigenvalue weighted by Gasteiger charge is -2.29. The van der Waals surface area contributed by atoms with Gasteiger partial charge in [-0.15, -0.1) is 0 Å². The van der Waals surface area contributed by atoms with E-state index in [4.69, 9.17) is 5.73 Å². The van der Waals surface area contributed by atoms with Gasteiger partial charge in [-0.1, -0.05) is 30.3 Å². The molecule has 1 atom stereocenters. The minimum absolute atomic E-state index is 0.104. The van der Waals surface area contributed by atoms with Crippen molar-refractivity contribution in [3.8, 4) is 0 Å². The van der Waals surface area contributed by atoms with Gasteiger partial charge in [-0.2, -0.15) is 4.72 Å². The lowest BCUT2D eigenvalue weighted by atomic mass is 9.94. The summed E-state index contributed by atoms with van der Waals surface area (Å²) in [4.78, 5) is 0.104. The smallest absolute Gasteiger partial charge is 0.241 e. The highest BCUT2D eigenvalue weighted by Gasteiger charge is 2.31. The van der Waals surface area contributed by atoms with Gasteiger partial charge in [0.25, 0.3) is 0 Å². The molecule has 6 heteroatoms. The van der Waals surface area contributed by atoms with E-state index >= 15 is 0 Å². The summed E-state index contributed by atoms with van der Waals surface area (Å²) in [5, 5.41) is 9.65. The molecule has 0 aromatic heterocycles. The van der Waals surface area contributed by atoms with Gasteiger partial charge in [-0.3, -0.25) is 0 Å². The molecule has 0 heterocycles. The Morgan fingerprint density at radius 3 is 2.19 bits per heavy atom. The molecule has 0 radical (unpaired) electrons. The van der Waals surface area contributed by atoms with Crippen LogP contribution >= 0.6 is 0 Å². The molecule has 0 spiro atoms. The second kappa shape index (κ2) is 5.85. The molecule has 0 aliphatic rings. The third kappa shape index (κ3) is 3.41. The predicted molar refractivity (Wildman–Crippen MR) is 82.1 cm³/mol. The van der Waals surface area contributed by atoms with Crippen molar-refractivity contribution in [2.75, 3.05) is 12.3 Å². The van der Waals surface area contributed by atoms with E-state index in [1.807, 2.05) is 6.07 Å². The SMILES string of the molecule is CC(CO)(NS(=O)(=O)c1ccc(N)cc1)c1ccccc1. The first-order chi connectivity index (χ1) is 9.87. The quantitative estimate of drug-likeness (QED) is 0.729. The number of nitrogen functional groups attached to an aromatic ring is 1. The van der Waals surface area contributed by atoms with E-state index in [1.54, 1.807) is 31.2 Å². The van der Waals surface area contributed by atoms with Crippen LogP contribution in [-0.2, 0) is 15.6 Å². The van der Waals surface area contributed by atoms with Crippen LogP contribution in [-0.4, -0.2) is 20.1 Å². The van der Waals surface area contributed by atoms with Crippen LogP contribution in [0.15, 0.2) is 59.5 Å². The second-order valence-corrected chi connectivity index (χ2v) is 6.71. The van der Waals surface area contributed by atoms with Gasteiger partial charge < -0.3 is 10.8 Å². The van der Waals surface area contributed by atoms with Crippen molar-refractivity contribution < 1.29 is 13.5 Å². The second-order valence-electron chi connectivity index (χ2n) is 5.03. The van der Waals surface area contributed by atoms with Crippen LogP contribution in [0.2, 0.25) is 0 Å². The number of nitrogens with one attached hydrogen (secondary N) is 1. The van der Waals surface area contributed by atoms with Gasteiger partial charge in [-0.25, -0.2) is 8.42 Å². The van der Waals surface area contributed by atoms with E-state index in [2.05, 4.69) is 4.72 Å². The maximum Gasteiger partial charge on any atom is 0.241 e. The fourth-order valence-corrected chi connectivity index (χ4v) is 3.38. The van der Waals surface area contributed by atoms with Crippen molar-refractivity contribution in [2.45, 2.75) is 17.4 Å². The van der Waals surface area contributed by atoms with Gasteiger partial charge in [0, 0.05) is 5.69 Å². The summed E-state index contributed by atoms with van der Waals surface area (Å²) in [5.74, 6) is 0. The molecule has 0 saturated carbocycles. The summed E-state index contributed by atoms with van der Waals surface area (Å²) >= 11 is 0. The fraction of sp³-hybridized carbons (Fsp3) is 0.200. The predicted octanol–water partition coefficient (Wildman–Crippen LogP) is 1.45. The largest absolute Gasteiger partial charge is 0.399 e. The number of hydrogen-bond acceptors (Lipinski definition) is 4. The van der Waals surface area contributed by atoms with Crippen LogP contribution in [0.1, 0.15) is 12.5 Å². The van der Waals surface area contributed by atoms with Gasteiger partial charge in [-0.05, 0) is 36.8 Å². The minimum atomic E-state index is -3.76. The molecule has 5 nitrogen and oxygen atoms in total. The summed E-state index contributed by atoms with van der Waals surface area (Å²) in [6.45, 7) is 1.28. The number of hydrogen-bond donors (Lipinski definition) is 3. The van der Waals surface area contributed by atoms with Crippen LogP contribution < -0.4 is 10.5 Å². The molecule has 21 heavy (non-hydrogen) atoms. The number of benzene rings is 2. The lowest BCUT2D eigenvalue weighted by molar-refractivity contribution is 0.196. The molecular formula is C15H18N2O3S. The zero-order chi connectivity index (χ0) is 15.5. The number of aliphatic hydroxyl groups excluding tert-OH is 1. The van der Waals surface area contributed by atoms with Gasteiger partial charge in [0.15, 0.2) is 0 Å². The molecule has 112 valence electrons. The molecule has 0 bridgehead atoms. The van der Waals surface area contributed by atoms with Crippen molar-refractivity contribution in [3.05, 3.63) is 60.2 Å². The molecule has 2 aromatic rings. The van der Waals surface area contributed by atoms with Crippen molar-refractivity contribution in [3.63, 3.8) is 0 Å². The first-order valence-corrected chi connectivity index (χ1v) is 7.92. The Balaban J connectivity index is 2.35. The van der Waals surface area contributed by atoms with Crippen LogP contribution in [0.25, 0.3) is 0 Å². The normalized spacial score (nSPS) is 14.6. The Kier molecular flexibility index (Phi) is 4.32. The Hall–Kier alpha value is -1.89. The number of nitrogens with two attached hydrogens (primary N) is 1. The number of rotatable bonds is 5. The van der Waals surface area contributed by atoms with Crippen molar-refractivity contribution in [1.82, 2.24) is 4.72 Å². The van der Waals surface area contributed by atoms with Crippen LogP contribution in [0, 0.1) is 0 Å². The van der Waals surface area contributed by atoms with E-state index in [-0.39, 0.29) is 11.5 Å².